The van der Waals surface area contributed by atoms with Gasteiger partial charge >= 0.3 is 6.03 Å². The number of aliphatic hydroxyl groups excluding tert-OH is 1. The van der Waals surface area contributed by atoms with Crippen LogP contribution < -0.4 is 5.32 Å². The van der Waals surface area contributed by atoms with E-state index in [4.69, 9.17) is 5.26 Å². The maximum absolute atomic E-state index is 12.5. The number of aliphatic hydroxyl groups is 1. The van der Waals surface area contributed by atoms with E-state index in [-0.39, 0.29) is 18.1 Å². The zero-order valence-electron chi connectivity index (χ0n) is 14.5. The van der Waals surface area contributed by atoms with Gasteiger partial charge in [-0.3, -0.25) is 0 Å². The van der Waals surface area contributed by atoms with Crippen LogP contribution in [0.3, 0.4) is 0 Å². The third-order valence-corrected chi connectivity index (χ3v) is 4.46. The number of urea groups is 1. The number of hydrogen-bond donors (Lipinski definition) is 2. The molecule has 1 aliphatic heterocycles. The highest BCUT2D eigenvalue weighted by atomic mass is 16.3. The number of nitriles is 1. The Balaban J connectivity index is 1.92. The minimum Gasteiger partial charge on any atom is -0.396 e. The average Bonchev–Trinajstić information content (AvgIpc) is 2.59. The number of carbonyl (C=O) groups excluding carboxylic acids is 1. The number of likely N-dealkylation sites (tertiary alicyclic amines) is 1. The van der Waals surface area contributed by atoms with Gasteiger partial charge in [0.05, 0.1) is 18.2 Å². The van der Waals surface area contributed by atoms with Gasteiger partial charge < -0.3 is 20.2 Å². The van der Waals surface area contributed by atoms with E-state index < -0.39 is 0 Å². The average molecular weight is 330 g/mol. The molecule has 1 heterocycles. The van der Waals surface area contributed by atoms with Crippen molar-refractivity contribution in [1.29, 1.82) is 5.26 Å². The molecule has 2 amide bonds. The van der Waals surface area contributed by atoms with Crippen molar-refractivity contribution >= 4 is 6.03 Å². The molecule has 0 unspecified atom stereocenters. The minimum atomic E-state index is -0.243. The quantitative estimate of drug-likeness (QED) is 0.855. The Kier molecular flexibility index (Phi) is 6.18. The van der Waals surface area contributed by atoms with E-state index in [2.05, 4.69) is 16.3 Å². The number of amides is 2. The minimum absolute atomic E-state index is 0.0879. The molecule has 6 heteroatoms. The van der Waals surface area contributed by atoms with E-state index in [1.165, 1.54) is 0 Å². The molecular weight excluding hydrogens is 304 g/mol. The second kappa shape index (κ2) is 8.13. The largest absolute Gasteiger partial charge is 0.396 e. The fourth-order valence-electron chi connectivity index (χ4n) is 3.35. The van der Waals surface area contributed by atoms with E-state index in [9.17, 15) is 9.90 Å². The molecule has 1 aromatic rings. The molecule has 0 saturated carbocycles. The van der Waals surface area contributed by atoms with Crippen molar-refractivity contribution in [3.05, 3.63) is 35.4 Å². The lowest BCUT2D eigenvalue weighted by Gasteiger charge is -2.43. The molecule has 0 radical (unpaired) electrons. The van der Waals surface area contributed by atoms with Crippen molar-refractivity contribution in [3.8, 4) is 6.07 Å². The molecule has 0 bridgehead atoms. The summed E-state index contributed by atoms with van der Waals surface area (Å²) in [6.45, 7) is 2.57. The Morgan fingerprint density at radius 3 is 2.71 bits per heavy atom. The van der Waals surface area contributed by atoms with E-state index in [0.29, 0.717) is 25.2 Å². The molecule has 1 fully saturated rings. The van der Waals surface area contributed by atoms with Crippen LogP contribution in [-0.2, 0) is 6.54 Å². The Morgan fingerprint density at radius 1 is 1.42 bits per heavy atom. The number of nitrogens with zero attached hydrogens (tertiary/aromatic N) is 3. The zero-order valence-corrected chi connectivity index (χ0v) is 14.5. The smallest absolute Gasteiger partial charge is 0.317 e. The first-order valence-corrected chi connectivity index (χ1v) is 8.25. The first kappa shape index (κ1) is 18.2. The Bertz CT molecular complexity index is 594. The van der Waals surface area contributed by atoms with E-state index in [1.807, 2.05) is 26.2 Å². The predicted octanol–water partition coefficient (Wildman–Crippen LogP) is 1.40. The Morgan fingerprint density at radius 2 is 2.12 bits per heavy atom. The van der Waals surface area contributed by atoms with Crippen LogP contribution in [0.1, 0.15) is 24.0 Å². The molecule has 0 aliphatic carbocycles. The van der Waals surface area contributed by atoms with Crippen molar-refractivity contribution in [3.63, 3.8) is 0 Å². The van der Waals surface area contributed by atoms with Crippen molar-refractivity contribution < 1.29 is 9.90 Å². The lowest BCUT2D eigenvalue weighted by molar-refractivity contribution is 0.0271. The fraction of sp³-hybridized carbons (Fsp3) is 0.556. The molecule has 130 valence electrons. The highest BCUT2D eigenvalue weighted by Crippen LogP contribution is 2.30. The number of carbonyl (C=O) groups is 1. The Labute approximate surface area is 143 Å². The number of piperidine rings is 1. The van der Waals surface area contributed by atoms with Crippen LogP contribution in [-0.4, -0.2) is 61.3 Å². The third-order valence-electron chi connectivity index (χ3n) is 4.46. The van der Waals surface area contributed by atoms with Gasteiger partial charge in [0, 0.05) is 31.6 Å². The van der Waals surface area contributed by atoms with Crippen molar-refractivity contribution in [1.82, 2.24) is 15.1 Å². The summed E-state index contributed by atoms with van der Waals surface area (Å²) in [5.41, 5.74) is 1.33. The van der Waals surface area contributed by atoms with Crippen molar-refractivity contribution in [2.75, 3.05) is 40.3 Å². The summed E-state index contributed by atoms with van der Waals surface area (Å²) in [6.07, 6.45) is 1.83. The topological polar surface area (TPSA) is 79.6 Å². The predicted molar refractivity (Wildman–Crippen MR) is 92.3 cm³/mol. The summed E-state index contributed by atoms with van der Waals surface area (Å²) in [6, 6.07) is 9.16. The molecule has 1 saturated heterocycles. The molecule has 1 aromatic carbocycles. The van der Waals surface area contributed by atoms with Crippen LogP contribution in [0.4, 0.5) is 4.79 Å². The molecule has 1 aliphatic rings. The SMILES string of the molecule is CN(C)C[C@]1(CO)CCCN(C(=O)NCc2ccc(C#N)cc2)C1. The first-order chi connectivity index (χ1) is 11.5. The van der Waals surface area contributed by atoms with Gasteiger partial charge in [0.15, 0.2) is 0 Å². The molecule has 1 atom stereocenters. The van der Waals surface area contributed by atoms with E-state index >= 15 is 0 Å². The van der Waals surface area contributed by atoms with Gasteiger partial charge in [-0.25, -0.2) is 4.79 Å². The molecular formula is C18H26N4O2. The highest BCUT2D eigenvalue weighted by molar-refractivity contribution is 5.74. The van der Waals surface area contributed by atoms with Crippen LogP contribution in [0.5, 0.6) is 0 Å². The van der Waals surface area contributed by atoms with Crippen LogP contribution in [0.2, 0.25) is 0 Å². The summed E-state index contributed by atoms with van der Waals surface area (Å²) in [5.74, 6) is 0. The second-order valence-corrected chi connectivity index (χ2v) is 6.89. The molecule has 0 spiro atoms. The highest BCUT2D eigenvalue weighted by Gasteiger charge is 2.37. The van der Waals surface area contributed by atoms with Gasteiger partial charge in [0.1, 0.15) is 0 Å². The standard InChI is InChI=1S/C18H26N4O2/c1-21(2)12-18(14-23)8-3-9-22(13-18)17(24)20-11-16-6-4-15(10-19)5-7-16/h4-7,23H,3,8-9,11-14H2,1-2H3,(H,20,24)/t18-/m1/s1. The summed E-state index contributed by atoms with van der Waals surface area (Å²) in [7, 11) is 3.97. The van der Waals surface area contributed by atoms with Gasteiger partial charge in [-0.2, -0.15) is 5.26 Å². The van der Waals surface area contributed by atoms with Gasteiger partial charge in [-0.1, -0.05) is 12.1 Å². The molecule has 6 nitrogen and oxygen atoms in total. The fourth-order valence-corrected chi connectivity index (χ4v) is 3.35. The van der Waals surface area contributed by atoms with E-state index in [1.54, 1.807) is 17.0 Å². The molecule has 0 aromatic heterocycles. The van der Waals surface area contributed by atoms with Gasteiger partial charge in [-0.05, 0) is 44.6 Å². The summed E-state index contributed by atoms with van der Waals surface area (Å²) < 4.78 is 0. The maximum atomic E-state index is 12.5. The number of benzene rings is 1. The van der Waals surface area contributed by atoms with Crippen LogP contribution in [0, 0.1) is 16.7 Å². The first-order valence-electron chi connectivity index (χ1n) is 8.25. The lowest BCUT2D eigenvalue weighted by atomic mass is 9.80. The number of rotatable bonds is 5. The molecule has 24 heavy (non-hydrogen) atoms. The number of nitrogens with one attached hydrogen (secondary N) is 1. The van der Waals surface area contributed by atoms with Crippen LogP contribution in [0.15, 0.2) is 24.3 Å². The second-order valence-electron chi connectivity index (χ2n) is 6.89. The number of hydrogen-bond acceptors (Lipinski definition) is 4. The summed E-state index contributed by atoms with van der Waals surface area (Å²) >= 11 is 0. The molecule has 2 rings (SSSR count). The van der Waals surface area contributed by atoms with Crippen molar-refractivity contribution in [2.24, 2.45) is 5.41 Å². The van der Waals surface area contributed by atoms with Gasteiger partial charge in [0.25, 0.3) is 0 Å². The lowest BCUT2D eigenvalue weighted by Crippen LogP contribution is -2.54. The monoisotopic (exact) mass is 330 g/mol. The van der Waals surface area contributed by atoms with E-state index in [0.717, 1.165) is 24.9 Å². The third kappa shape index (κ3) is 4.70. The summed E-state index contributed by atoms with van der Waals surface area (Å²) in [5, 5.41) is 21.6. The zero-order chi connectivity index (χ0) is 17.6. The normalized spacial score (nSPS) is 20.7. The van der Waals surface area contributed by atoms with Gasteiger partial charge in [-0.15, -0.1) is 0 Å². The van der Waals surface area contributed by atoms with Gasteiger partial charge in [0.2, 0.25) is 0 Å². The van der Waals surface area contributed by atoms with Crippen molar-refractivity contribution in [2.45, 2.75) is 19.4 Å². The summed E-state index contributed by atoms with van der Waals surface area (Å²) in [4.78, 5) is 16.3. The van der Waals surface area contributed by atoms with Crippen LogP contribution in [0.25, 0.3) is 0 Å². The van der Waals surface area contributed by atoms with Crippen LogP contribution >= 0.6 is 0 Å². The maximum Gasteiger partial charge on any atom is 0.317 e. The molecule has 2 N–H and O–H groups in total. The Hall–Kier alpha value is -2.10.